The molecule has 0 aliphatic heterocycles. The van der Waals surface area contributed by atoms with Crippen molar-refractivity contribution in [3.8, 4) is 56.4 Å². The van der Waals surface area contributed by atoms with E-state index in [4.69, 9.17) is 15.0 Å². The molecule has 0 fully saturated rings. The van der Waals surface area contributed by atoms with E-state index >= 15 is 0 Å². The van der Waals surface area contributed by atoms with Crippen LogP contribution in [0.15, 0.2) is 212 Å². The Bertz CT molecular complexity index is 3910. The van der Waals surface area contributed by atoms with Crippen LogP contribution >= 0.6 is 0 Å². The van der Waals surface area contributed by atoms with Crippen molar-refractivity contribution in [2.75, 3.05) is 0 Å². The second-order valence-corrected chi connectivity index (χ2v) is 16.3. The fourth-order valence-corrected chi connectivity index (χ4v) is 9.93. The van der Waals surface area contributed by atoms with Crippen molar-refractivity contribution in [1.82, 2.24) is 15.0 Å². The Labute approximate surface area is 357 Å². The van der Waals surface area contributed by atoms with Crippen LogP contribution in [0, 0.1) is 0 Å². The molecule has 3 heteroatoms. The predicted octanol–water partition coefficient (Wildman–Crippen LogP) is 15.7. The van der Waals surface area contributed by atoms with Gasteiger partial charge in [-0.05, 0) is 122 Å². The number of hydrogen-bond donors (Lipinski definition) is 0. The Morgan fingerprint density at radius 1 is 0.210 bits per heavy atom. The van der Waals surface area contributed by atoms with Gasteiger partial charge in [0.05, 0.1) is 0 Å². The number of hydrogen-bond acceptors (Lipinski definition) is 3. The molecule has 0 amide bonds. The number of nitrogens with zero attached hydrogens (tertiary/aromatic N) is 3. The van der Waals surface area contributed by atoms with E-state index in [0.29, 0.717) is 17.5 Å². The van der Waals surface area contributed by atoms with Gasteiger partial charge >= 0.3 is 0 Å². The van der Waals surface area contributed by atoms with E-state index in [9.17, 15) is 0 Å². The Morgan fingerprint density at radius 2 is 0.629 bits per heavy atom. The van der Waals surface area contributed by atoms with E-state index in [1.54, 1.807) is 0 Å². The normalized spacial score (nSPS) is 11.9. The van der Waals surface area contributed by atoms with E-state index in [1.165, 1.54) is 70.2 Å². The third-order valence-electron chi connectivity index (χ3n) is 12.8. The van der Waals surface area contributed by atoms with Crippen molar-refractivity contribution < 1.29 is 0 Å². The molecule has 12 aromatic carbocycles. The first-order valence-electron chi connectivity index (χ1n) is 21.2. The minimum atomic E-state index is 0.637. The van der Waals surface area contributed by atoms with Gasteiger partial charge in [0.2, 0.25) is 0 Å². The van der Waals surface area contributed by atoms with Crippen LogP contribution in [0.25, 0.3) is 132 Å². The predicted molar refractivity (Wildman–Crippen MR) is 261 cm³/mol. The topological polar surface area (TPSA) is 38.7 Å². The lowest BCUT2D eigenvalue weighted by Gasteiger charge is -2.17. The largest absolute Gasteiger partial charge is 0.208 e. The van der Waals surface area contributed by atoms with Crippen LogP contribution in [0.3, 0.4) is 0 Å². The molecule has 3 nitrogen and oxygen atoms in total. The number of fused-ring (bicyclic) bond motifs is 3. The number of rotatable bonds is 5. The molecule has 0 bridgehead atoms. The molecular formula is C59H35N3. The van der Waals surface area contributed by atoms with Gasteiger partial charge in [0, 0.05) is 16.7 Å². The van der Waals surface area contributed by atoms with E-state index in [-0.39, 0.29) is 0 Å². The standard InChI is InChI=1S/C59H35N3/c1-2-13-40(14-3-1)57-60-58(62-59(61-57)51-27-8-15-36-12-4-5-23-47(36)51)45-22-7-20-42(33-45)41-19-6-21-43(32-41)46-34-44-31-30-39-17-10-25-49-48-24-9-16-37-28-29-38-18-11-26-50(55(38)53(37)48)52(35-46)56(44)54(39)49/h1-35H. The van der Waals surface area contributed by atoms with Crippen molar-refractivity contribution in [3.05, 3.63) is 212 Å². The first-order chi connectivity index (χ1) is 30.7. The molecule has 0 aliphatic carbocycles. The summed E-state index contributed by atoms with van der Waals surface area (Å²) in [5.41, 5.74) is 7.43. The maximum Gasteiger partial charge on any atom is 0.164 e. The Kier molecular flexibility index (Phi) is 7.60. The molecule has 13 aromatic rings. The van der Waals surface area contributed by atoms with E-state index in [0.717, 1.165) is 44.2 Å². The zero-order chi connectivity index (χ0) is 40.7. The zero-order valence-corrected chi connectivity index (χ0v) is 33.5. The minimum absolute atomic E-state index is 0.637. The first-order valence-corrected chi connectivity index (χ1v) is 21.2. The summed E-state index contributed by atoms with van der Waals surface area (Å²) in [4.78, 5) is 15.3. The molecule has 0 saturated heterocycles. The average molecular weight is 786 g/mol. The van der Waals surface area contributed by atoms with Gasteiger partial charge in [0.1, 0.15) is 0 Å². The molecular weight excluding hydrogens is 751 g/mol. The van der Waals surface area contributed by atoms with Crippen LogP contribution in [0.5, 0.6) is 0 Å². The maximum atomic E-state index is 5.16. The lowest BCUT2D eigenvalue weighted by atomic mass is 9.86. The highest BCUT2D eigenvalue weighted by Crippen LogP contribution is 2.45. The van der Waals surface area contributed by atoms with E-state index in [1.807, 2.05) is 18.2 Å². The smallest absolute Gasteiger partial charge is 0.164 e. The fraction of sp³-hybridized carbons (Fsp3) is 0. The third kappa shape index (κ3) is 5.42. The molecule has 0 aliphatic rings. The quantitative estimate of drug-likeness (QED) is 0.163. The molecule has 62 heavy (non-hydrogen) atoms. The summed E-state index contributed by atoms with van der Waals surface area (Å²) in [6.07, 6.45) is 0. The average Bonchev–Trinajstić information content (AvgIpc) is 3.35. The highest BCUT2D eigenvalue weighted by molar-refractivity contribution is 6.37. The Balaban J connectivity index is 0.989. The molecule has 286 valence electrons. The summed E-state index contributed by atoms with van der Waals surface area (Å²) >= 11 is 0. The van der Waals surface area contributed by atoms with Gasteiger partial charge < -0.3 is 0 Å². The summed E-state index contributed by atoms with van der Waals surface area (Å²) in [5.74, 6) is 1.94. The molecule has 1 aromatic heterocycles. The van der Waals surface area contributed by atoms with Crippen LogP contribution < -0.4 is 0 Å². The van der Waals surface area contributed by atoms with Gasteiger partial charge in [-0.25, -0.2) is 15.0 Å². The van der Waals surface area contributed by atoms with Gasteiger partial charge in [-0.15, -0.1) is 0 Å². The number of benzene rings is 11. The summed E-state index contributed by atoms with van der Waals surface area (Å²) in [6, 6.07) is 76.7. The lowest BCUT2D eigenvalue weighted by molar-refractivity contribution is 1.08. The van der Waals surface area contributed by atoms with Gasteiger partial charge in [-0.1, -0.05) is 188 Å². The first kappa shape index (κ1) is 34.6. The Morgan fingerprint density at radius 3 is 1.31 bits per heavy atom. The minimum Gasteiger partial charge on any atom is -0.208 e. The van der Waals surface area contributed by atoms with Crippen molar-refractivity contribution in [1.29, 1.82) is 0 Å². The molecule has 1 heterocycles. The lowest BCUT2D eigenvalue weighted by Crippen LogP contribution is -2.00. The van der Waals surface area contributed by atoms with Gasteiger partial charge in [-0.3, -0.25) is 0 Å². The van der Waals surface area contributed by atoms with E-state index < -0.39 is 0 Å². The fourth-order valence-electron chi connectivity index (χ4n) is 9.93. The van der Waals surface area contributed by atoms with Crippen molar-refractivity contribution in [2.45, 2.75) is 0 Å². The Hall–Kier alpha value is -8.27. The summed E-state index contributed by atoms with van der Waals surface area (Å²) in [7, 11) is 0. The van der Waals surface area contributed by atoms with Gasteiger partial charge in [0.25, 0.3) is 0 Å². The maximum absolute atomic E-state index is 5.16. The highest BCUT2D eigenvalue weighted by Gasteiger charge is 2.18. The van der Waals surface area contributed by atoms with Crippen LogP contribution in [0.2, 0.25) is 0 Å². The summed E-state index contributed by atoms with van der Waals surface area (Å²) in [6.45, 7) is 0. The van der Waals surface area contributed by atoms with Crippen LogP contribution in [0.1, 0.15) is 0 Å². The van der Waals surface area contributed by atoms with Gasteiger partial charge in [0.15, 0.2) is 17.5 Å². The monoisotopic (exact) mass is 785 g/mol. The summed E-state index contributed by atoms with van der Waals surface area (Å²) in [5, 5.41) is 17.6. The van der Waals surface area contributed by atoms with E-state index in [2.05, 4.69) is 194 Å². The molecule has 0 spiro atoms. The van der Waals surface area contributed by atoms with Crippen molar-refractivity contribution in [2.24, 2.45) is 0 Å². The third-order valence-corrected chi connectivity index (χ3v) is 12.8. The highest BCUT2D eigenvalue weighted by atomic mass is 15.0. The van der Waals surface area contributed by atoms with Crippen molar-refractivity contribution >= 4 is 75.4 Å². The van der Waals surface area contributed by atoms with Crippen LogP contribution in [-0.2, 0) is 0 Å². The SMILES string of the molecule is c1ccc(-c2nc(-c3cccc(-c4cccc(-c5cc6ccc7cccc8c9cccc%10ccc%11cccc(c(c5)c6c78)c%11c%109)c4)c3)nc(-c3cccc4ccccc34)n2)cc1. The van der Waals surface area contributed by atoms with Gasteiger partial charge in [-0.2, -0.15) is 0 Å². The molecule has 0 saturated carbocycles. The molecule has 0 N–H and O–H groups in total. The zero-order valence-electron chi connectivity index (χ0n) is 33.5. The second kappa shape index (κ2) is 13.6. The van der Waals surface area contributed by atoms with Crippen LogP contribution in [0.4, 0.5) is 0 Å². The molecule has 13 rings (SSSR count). The summed E-state index contributed by atoms with van der Waals surface area (Å²) < 4.78 is 0. The molecule has 0 unspecified atom stereocenters. The van der Waals surface area contributed by atoms with Crippen molar-refractivity contribution in [3.63, 3.8) is 0 Å². The second-order valence-electron chi connectivity index (χ2n) is 16.3. The molecule has 0 radical (unpaired) electrons. The van der Waals surface area contributed by atoms with Crippen LogP contribution in [-0.4, -0.2) is 15.0 Å². The number of aromatic nitrogens is 3. The molecule has 0 atom stereocenters.